The van der Waals surface area contributed by atoms with Crippen molar-refractivity contribution in [2.24, 2.45) is 0 Å². The highest BCUT2D eigenvalue weighted by atomic mass is 35.5. The highest BCUT2D eigenvalue weighted by molar-refractivity contribution is 6.38. The lowest BCUT2D eigenvalue weighted by molar-refractivity contribution is -0.116. The topological polar surface area (TPSA) is 111 Å². The molecule has 200 valence electrons. The SMILES string of the molecule is CC(=O)N(CCCN(C)C)c1ccc(N/C(=C2\C(=O)Nc3cc(Cl)ccc32)c2ccc3oc(=O)[nH]c3c2)cc1. The van der Waals surface area contributed by atoms with Crippen LogP contribution < -0.4 is 21.3 Å². The predicted octanol–water partition coefficient (Wildman–Crippen LogP) is 5.01. The maximum Gasteiger partial charge on any atom is 0.417 e. The van der Waals surface area contributed by atoms with Gasteiger partial charge in [-0.05, 0) is 81.7 Å². The molecule has 39 heavy (non-hydrogen) atoms. The minimum Gasteiger partial charge on any atom is -0.408 e. The van der Waals surface area contributed by atoms with E-state index in [1.807, 2.05) is 38.4 Å². The molecule has 1 aliphatic rings. The number of aromatic amines is 1. The van der Waals surface area contributed by atoms with Crippen LogP contribution in [0.5, 0.6) is 0 Å². The molecule has 0 saturated heterocycles. The minimum atomic E-state index is -0.556. The summed E-state index contributed by atoms with van der Waals surface area (Å²) >= 11 is 6.16. The number of H-pyrrole nitrogens is 1. The second kappa shape index (κ2) is 10.8. The normalized spacial score (nSPS) is 13.9. The van der Waals surface area contributed by atoms with Crippen molar-refractivity contribution in [3.8, 4) is 0 Å². The first-order valence-corrected chi connectivity index (χ1v) is 12.9. The Morgan fingerprint density at radius 2 is 1.77 bits per heavy atom. The van der Waals surface area contributed by atoms with Crippen molar-refractivity contribution in [2.75, 3.05) is 42.7 Å². The molecule has 0 bridgehead atoms. The number of oxazole rings is 1. The molecule has 0 aliphatic carbocycles. The summed E-state index contributed by atoms with van der Waals surface area (Å²) in [4.78, 5) is 43.8. The molecule has 1 aliphatic heterocycles. The van der Waals surface area contributed by atoms with Gasteiger partial charge in [-0.3, -0.25) is 14.6 Å². The van der Waals surface area contributed by atoms with Crippen LogP contribution in [0.1, 0.15) is 24.5 Å². The largest absolute Gasteiger partial charge is 0.417 e. The molecule has 5 rings (SSSR count). The van der Waals surface area contributed by atoms with Crippen molar-refractivity contribution in [3.63, 3.8) is 0 Å². The van der Waals surface area contributed by atoms with E-state index in [0.717, 1.165) is 18.7 Å². The number of amides is 2. The first kappa shape index (κ1) is 26.3. The van der Waals surface area contributed by atoms with E-state index in [1.165, 1.54) is 0 Å². The average Bonchev–Trinajstić information content (AvgIpc) is 3.42. The molecule has 0 unspecified atom stereocenters. The molecule has 1 aromatic heterocycles. The molecular weight excluding hydrogens is 518 g/mol. The molecule has 0 spiro atoms. The third kappa shape index (κ3) is 5.59. The van der Waals surface area contributed by atoms with Gasteiger partial charge in [0.25, 0.3) is 5.91 Å². The van der Waals surface area contributed by atoms with E-state index in [0.29, 0.717) is 56.4 Å². The third-order valence-electron chi connectivity index (χ3n) is 6.50. The summed E-state index contributed by atoms with van der Waals surface area (Å²) in [6.07, 6.45) is 0.847. The summed E-state index contributed by atoms with van der Waals surface area (Å²) in [5, 5.41) is 6.80. The molecule has 2 amide bonds. The molecule has 4 aromatic rings. The van der Waals surface area contributed by atoms with Crippen LogP contribution >= 0.6 is 11.6 Å². The molecule has 0 saturated carbocycles. The minimum absolute atomic E-state index is 0.0300. The quantitative estimate of drug-likeness (QED) is 0.268. The number of hydrogen-bond acceptors (Lipinski definition) is 6. The van der Waals surface area contributed by atoms with E-state index in [1.54, 1.807) is 48.2 Å². The van der Waals surface area contributed by atoms with Gasteiger partial charge in [-0.1, -0.05) is 17.7 Å². The number of carbonyl (C=O) groups is 2. The number of hydrogen-bond donors (Lipinski definition) is 3. The van der Waals surface area contributed by atoms with Gasteiger partial charge in [0.15, 0.2) is 5.58 Å². The lowest BCUT2D eigenvalue weighted by Crippen LogP contribution is -2.31. The fourth-order valence-electron chi connectivity index (χ4n) is 4.66. The zero-order valence-electron chi connectivity index (χ0n) is 21.8. The van der Waals surface area contributed by atoms with E-state index < -0.39 is 5.76 Å². The zero-order valence-corrected chi connectivity index (χ0v) is 22.6. The first-order chi connectivity index (χ1) is 18.7. The molecule has 3 N–H and O–H groups in total. The van der Waals surface area contributed by atoms with Gasteiger partial charge < -0.3 is 24.9 Å². The van der Waals surface area contributed by atoms with E-state index in [2.05, 4.69) is 20.5 Å². The van der Waals surface area contributed by atoms with Gasteiger partial charge in [-0.25, -0.2) is 4.79 Å². The number of nitrogens with one attached hydrogen (secondary N) is 3. The lowest BCUT2D eigenvalue weighted by Gasteiger charge is -2.23. The predicted molar refractivity (Wildman–Crippen MR) is 155 cm³/mol. The number of fused-ring (bicyclic) bond motifs is 2. The fraction of sp³-hybridized carbons (Fsp3) is 0.207. The molecule has 3 aromatic carbocycles. The van der Waals surface area contributed by atoms with Crippen molar-refractivity contribution in [1.29, 1.82) is 0 Å². The number of nitrogens with zero attached hydrogens (tertiary/aromatic N) is 2. The van der Waals surface area contributed by atoms with Gasteiger partial charge in [-0.2, -0.15) is 0 Å². The van der Waals surface area contributed by atoms with Crippen LogP contribution in [0, 0.1) is 0 Å². The number of benzene rings is 3. The van der Waals surface area contributed by atoms with Crippen molar-refractivity contribution < 1.29 is 14.0 Å². The Hall–Kier alpha value is -4.34. The maximum atomic E-state index is 13.2. The van der Waals surface area contributed by atoms with Crippen molar-refractivity contribution >= 4 is 62.8 Å². The Kier molecular flexibility index (Phi) is 7.28. The monoisotopic (exact) mass is 545 g/mol. The van der Waals surface area contributed by atoms with Crippen LogP contribution in [0.3, 0.4) is 0 Å². The molecule has 9 nitrogen and oxygen atoms in total. The maximum absolute atomic E-state index is 13.2. The van der Waals surface area contributed by atoms with E-state index >= 15 is 0 Å². The van der Waals surface area contributed by atoms with Gasteiger partial charge in [-0.15, -0.1) is 0 Å². The highest BCUT2D eigenvalue weighted by Crippen LogP contribution is 2.39. The molecule has 0 atom stereocenters. The zero-order chi connectivity index (χ0) is 27.7. The summed E-state index contributed by atoms with van der Waals surface area (Å²) < 4.78 is 5.16. The Balaban J connectivity index is 1.53. The summed E-state index contributed by atoms with van der Waals surface area (Å²) in [6.45, 7) is 3.04. The lowest BCUT2D eigenvalue weighted by atomic mass is 9.99. The van der Waals surface area contributed by atoms with Crippen LogP contribution in [0.15, 0.2) is 69.9 Å². The second-order valence-corrected chi connectivity index (χ2v) is 10.1. The Labute approximate surface area is 230 Å². The number of anilines is 3. The summed E-state index contributed by atoms with van der Waals surface area (Å²) in [5.41, 5.74) is 5.40. The van der Waals surface area contributed by atoms with Crippen molar-refractivity contribution in [2.45, 2.75) is 13.3 Å². The Morgan fingerprint density at radius 3 is 2.49 bits per heavy atom. The third-order valence-corrected chi connectivity index (χ3v) is 6.73. The van der Waals surface area contributed by atoms with Gasteiger partial charge in [0, 0.05) is 41.0 Å². The van der Waals surface area contributed by atoms with E-state index in [9.17, 15) is 14.4 Å². The van der Waals surface area contributed by atoms with Crippen LogP contribution in [0.4, 0.5) is 17.1 Å². The Morgan fingerprint density at radius 1 is 1.00 bits per heavy atom. The first-order valence-electron chi connectivity index (χ1n) is 12.5. The molecule has 0 radical (unpaired) electrons. The smallest absolute Gasteiger partial charge is 0.408 e. The number of rotatable bonds is 8. The van der Waals surface area contributed by atoms with Gasteiger partial charge in [0.05, 0.1) is 22.5 Å². The number of aromatic nitrogens is 1. The van der Waals surface area contributed by atoms with Crippen LogP contribution in [-0.2, 0) is 9.59 Å². The van der Waals surface area contributed by atoms with Gasteiger partial charge >= 0.3 is 5.76 Å². The molecule has 10 heteroatoms. The van der Waals surface area contributed by atoms with E-state index in [-0.39, 0.29) is 11.8 Å². The highest BCUT2D eigenvalue weighted by Gasteiger charge is 2.29. The van der Waals surface area contributed by atoms with Crippen LogP contribution in [0.25, 0.3) is 22.4 Å². The Bertz CT molecular complexity index is 1650. The van der Waals surface area contributed by atoms with Crippen molar-refractivity contribution in [1.82, 2.24) is 9.88 Å². The van der Waals surface area contributed by atoms with Crippen LogP contribution in [0.2, 0.25) is 5.02 Å². The second-order valence-electron chi connectivity index (χ2n) is 9.62. The van der Waals surface area contributed by atoms with Gasteiger partial charge in [0.2, 0.25) is 5.91 Å². The molecular formula is C29H28ClN5O4. The van der Waals surface area contributed by atoms with Gasteiger partial charge in [0.1, 0.15) is 0 Å². The van der Waals surface area contributed by atoms with E-state index in [4.69, 9.17) is 16.0 Å². The number of halogens is 1. The molecule has 0 fully saturated rings. The van der Waals surface area contributed by atoms with Crippen molar-refractivity contribution in [3.05, 3.63) is 87.4 Å². The summed E-state index contributed by atoms with van der Waals surface area (Å²) in [7, 11) is 4.01. The standard InChI is InChI=1S/C29H28ClN5O4/c1-17(36)35(14-4-13-34(2)3)21-9-7-20(8-10-21)31-27(18-5-12-25-24(15-18)33-29(38)39-25)26-22-11-6-19(30)16-23(22)32-28(26)37/h5-12,15-16,31H,4,13-14H2,1-3H3,(H,32,37)(H,33,38)/b27-26-. The summed E-state index contributed by atoms with van der Waals surface area (Å²) in [5.74, 6) is -0.868. The number of carbonyl (C=O) groups excluding carboxylic acids is 2. The average molecular weight is 546 g/mol. The van der Waals surface area contributed by atoms with Crippen LogP contribution in [-0.4, -0.2) is 48.9 Å². The molecule has 2 heterocycles. The summed E-state index contributed by atoms with van der Waals surface area (Å²) in [6, 6.07) is 17.9. The fourth-order valence-corrected chi connectivity index (χ4v) is 4.83.